The second kappa shape index (κ2) is 8.55. The van der Waals surface area contributed by atoms with Crippen LogP contribution in [0.1, 0.15) is 35.0 Å². The highest BCUT2D eigenvalue weighted by molar-refractivity contribution is 5.82. The SMILES string of the molecule is COCCn1nnnc1[C@@H](c1cc2cccc(C)c2[nH]c1=O)N1CCCc2ccccc21. The summed E-state index contributed by atoms with van der Waals surface area (Å²) in [7, 11) is 1.65. The minimum atomic E-state index is -0.419. The Morgan fingerprint density at radius 2 is 2.06 bits per heavy atom. The molecule has 32 heavy (non-hydrogen) atoms. The molecule has 8 heteroatoms. The molecule has 164 valence electrons. The minimum absolute atomic E-state index is 0.124. The quantitative estimate of drug-likeness (QED) is 0.506. The summed E-state index contributed by atoms with van der Waals surface area (Å²) in [6.45, 7) is 3.80. The van der Waals surface area contributed by atoms with Crippen molar-refractivity contribution in [3.63, 3.8) is 0 Å². The number of aromatic amines is 1. The number of ether oxygens (including phenoxy) is 1. The van der Waals surface area contributed by atoms with Gasteiger partial charge >= 0.3 is 0 Å². The third-order valence-electron chi connectivity index (χ3n) is 6.18. The molecular weight excluding hydrogens is 404 g/mol. The molecule has 0 spiro atoms. The molecule has 0 bridgehead atoms. The monoisotopic (exact) mass is 430 g/mol. The number of para-hydroxylation sites is 2. The van der Waals surface area contributed by atoms with Crippen LogP contribution in [0, 0.1) is 6.92 Å². The smallest absolute Gasteiger partial charge is 0.254 e. The Labute approximate surface area is 185 Å². The van der Waals surface area contributed by atoms with Crippen molar-refractivity contribution in [2.75, 3.05) is 25.2 Å². The Morgan fingerprint density at radius 3 is 2.94 bits per heavy atom. The van der Waals surface area contributed by atoms with E-state index in [2.05, 4.69) is 43.6 Å². The van der Waals surface area contributed by atoms with Gasteiger partial charge in [-0.05, 0) is 58.8 Å². The topological polar surface area (TPSA) is 88.9 Å². The Morgan fingerprint density at radius 1 is 1.19 bits per heavy atom. The van der Waals surface area contributed by atoms with Crippen LogP contribution in [-0.2, 0) is 17.7 Å². The van der Waals surface area contributed by atoms with Gasteiger partial charge in [-0.2, -0.15) is 0 Å². The lowest BCUT2D eigenvalue weighted by molar-refractivity contribution is 0.181. The summed E-state index contributed by atoms with van der Waals surface area (Å²) >= 11 is 0. The fraction of sp³-hybridized carbons (Fsp3) is 0.333. The van der Waals surface area contributed by atoms with Crippen molar-refractivity contribution in [1.82, 2.24) is 25.2 Å². The van der Waals surface area contributed by atoms with E-state index in [0.29, 0.717) is 24.5 Å². The predicted octanol–water partition coefficient (Wildman–Crippen LogP) is 3.01. The van der Waals surface area contributed by atoms with Crippen molar-refractivity contribution < 1.29 is 4.74 Å². The number of hydrogen-bond acceptors (Lipinski definition) is 6. The molecule has 0 amide bonds. The summed E-state index contributed by atoms with van der Waals surface area (Å²) in [5.74, 6) is 0.635. The van der Waals surface area contributed by atoms with Gasteiger partial charge in [0.25, 0.3) is 5.56 Å². The number of benzene rings is 2. The number of aromatic nitrogens is 5. The fourth-order valence-corrected chi connectivity index (χ4v) is 4.63. The van der Waals surface area contributed by atoms with Gasteiger partial charge in [0.15, 0.2) is 5.82 Å². The van der Waals surface area contributed by atoms with Crippen LogP contribution in [0.15, 0.2) is 53.3 Å². The number of rotatable bonds is 6. The van der Waals surface area contributed by atoms with Gasteiger partial charge in [0.2, 0.25) is 0 Å². The molecule has 1 aliphatic rings. The van der Waals surface area contributed by atoms with Gasteiger partial charge in [-0.1, -0.05) is 36.4 Å². The molecule has 0 radical (unpaired) electrons. The van der Waals surface area contributed by atoms with Crippen molar-refractivity contribution in [3.8, 4) is 0 Å². The number of tetrazole rings is 1. The van der Waals surface area contributed by atoms with Crippen LogP contribution in [0.25, 0.3) is 10.9 Å². The number of aryl methyl sites for hydroxylation is 2. The Balaban J connectivity index is 1.72. The van der Waals surface area contributed by atoms with E-state index < -0.39 is 6.04 Å². The number of H-pyrrole nitrogens is 1. The molecule has 1 N–H and O–H groups in total. The summed E-state index contributed by atoms with van der Waals surface area (Å²) in [6.07, 6.45) is 2.01. The lowest BCUT2D eigenvalue weighted by Gasteiger charge is -2.37. The molecule has 5 rings (SSSR count). The van der Waals surface area contributed by atoms with Crippen molar-refractivity contribution >= 4 is 16.6 Å². The summed E-state index contributed by atoms with van der Waals surface area (Å²) < 4.78 is 7.00. The Bertz CT molecular complexity index is 1310. The first-order valence-electron chi connectivity index (χ1n) is 10.9. The molecule has 8 nitrogen and oxygen atoms in total. The number of methoxy groups -OCH3 is 1. The maximum Gasteiger partial charge on any atom is 0.254 e. The summed E-state index contributed by atoms with van der Waals surface area (Å²) in [6, 6.07) is 16.0. The molecule has 0 saturated heterocycles. The molecule has 1 aliphatic heterocycles. The summed E-state index contributed by atoms with van der Waals surface area (Å²) in [5, 5.41) is 13.5. The maximum atomic E-state index is 13.4. The number of fused-ring (bicyclic) bond motifs is 2. The summed E-state index contributed by atoms with van der Waals surface area (Å²) in [5.41, 5.74) is 4.80. The Hall–Kier alpha value is -3.52. The van der Waals surface area contributed by atoms with Gasteiger partial charge in [-0.15, -0.1) is 5.10 Å². The van der Waals surface area contributed by atoms with E-state index >= 15 is 0 Å². The van der Waals surface area contributed by atoms with Crippen molar-refractivity contribution in [3.05, 3.63) is 81.4 Å². The van der Waals surface area contributed by atoms with Gasteiger partial charge in [0.1, 0.15) is 6.04 Å². The molecule has 2 aromatic heterocycles. The standard InChI is InChI=1S/C24H26N6O2/c1-16-7-5-9-18-15-19(24(31)25-21(16)18)22(23-26-27-28-30(23)13-14-32-2)29-12-6-10-17-8-3-4-11-20(17)29/h3-5,7-9,11,15,22H,6,10,12-14H2,1-2H3,(H,25,31)/t22-/m1/s1. The number of nitrogens with zero attached hydrogens (tertiary/aromatic N) is 5. The summed E-state index contributed by atoms with van der Waals surface area (Å²) in [4.78, 5) is 18.8. The number of anilines is 1. The van der Waals surface area contributed by atoms with Gasteiger partial charge in [-0.3, -0.25) is 4.79 Å². The lowest BCUT2D eigenvalue weighted by Crippen LogP contribution is -2.38. The molecule has 4 aromatic rings. The third-order valence-corrected chi connectivity index (χ3v) is 6.18. The van der Waals surface area contributed by atoms with Crippen LogP contribution in [0.4, 0.5) is 5.69 Å². The number of pyridine rings is 1. The van der Waals surface area contributed by atoms with E-state index in [4.69, 9.17) is 4.74 Å². The van der Waals surface area contributed by atoms with Gasteiger partial charge in [0.05, 0.1) is 18.7 Å². The zero-order valence-corrected chi connectivity index (χ0v) is 18.3. The van der Waals surface area contributed by atoms with Gasteiger partial charge in [-0.25, -0.2) is 4.68 Å². The van der Waals surface area contributed by atoms with Gasteiger partial charge in [0, 0.05) is 24.9 Å². The molecule has 1 atom stereocenters. The van der Waals surface area contributed by atoms with Crippen molar-refractivity contribution in [1.29, 1.82) is 0 Å². The fourth-order valence-electron chi connectivity index (χ4n) is 4.63. The minimum Gasteiger partial charge on any atom is -0.383 e. The van der Waals surface area contributed by atoms with E-state index in [-0.39, 0.29) is 5.56 Å². The van der Waals surface area contributed by atoms with Crippen LogP contribution >= 0.6 is 0 Å². The maximum absolute atomic E-state index is 13.4. The zero-order chi connectivity index (χ0) is 22.1. The highest BCUT2D eigenvalue weighted by Crippen LogP contribution is 2.36. The van der Waals surface area contributed by atoms with Crippen LogP contribution < -0.4 is 10.5 Å². The van der Waals surface area contributed by atoms with Gasteiger partial charge < -0.3 is 14.6 Å². The second-order valence-corrected chi connectivity index (χ2v) is 8.17. The highest BCUT2D eigenvalue weighted by atomic mass is 16.5. The average molecular weight is 431 g/mol. The van der Waals surface area contributed by atoms with Crippen LogP contribution in [0.2, 0.25) is 0 Å². The third kappa shape index (κ3) is 3.56. The van der Waals surface area contributed by atoms with Crippen LogP contribution in [0.5, 0.6) is 0 Å². The van der Waals surface area contributed by atoms with E-state index in [1.165, 1.54) is 5.56 Å². The second-order valence-electron chi connectivity index (χ2n) is 8.17. The first kappa shape index (κ1) is 20.4. The first-order chi connectivity index (χ1) is 15.7. The molecule has 0 aliphatic carbocycles. The molecule has 0 fully saturated rings. The molecule has 0 unspecified atom stereocenters. The molecule has 0 saturated carbocycles. The van der Waals surface area contributed by atoms with Crippen LogP contribution in [0.3, 0.4) is 0 Å². The lowest BCUT2D eigenvalue weighted by atomic mass is 9.96. The highest BCUT2D eigenvalue weighted by Gasteiger charge is 2.33. The van der Waals surface area contributed by atoms with E-state index in [1.807, 2.05) is 37.3 Å². The normalized spacial score (nSPS) is 14.5. The van der Waals surface area contributed by atoms with Crippen LogP contribution in [-0.4, -0.2) is 45.5 Å². The van der Waals surface area contributed by atoms with Crippen molar-refractivity contribution in [2.24, 2.45) is 0 Å². The van der Waals surface area contributed by atoms with Crippen molar-refractivity contribution in [2.45, 2.75) is 32.4 Å². The molecular formula is C24H26N6O2. The number of hydrogen-bond donors (Lipinski definition) is 1. The molecule has 2 aromatic carbocycles. The first-order valence-corrected chi connectivity index (χ1v) is 10.9. The number of nitrogens with one attached hydrogen (secondary N) is 1. The zero-order valence-electron chi connectivity index (χ0n) is 18.3. The Kier molecular flexibility index (Phi) is 5.45. The predicted molar refractivity (Wildman–Crippen MR) is 123 cm³/mol. The van der Waals surface area contributed by atoms with E-state index in [9.17, 15) is 4.79 Å². The van der Waals surface area contributed by atoms with E-state index in [1.54, 1.807) is 11.8 Å². The van der Waals surface area contributed by atoms with E-state index in [0.717, 1.165) is 41.5 Å². The molecule has 3 heterocycles. The largest absolute Gasteiger partial charge is 0.383 e. The average Bonchev–Trinajstić information content (AvgIpc) is 3.27.